The monoisotopic (exact) mass is 272 g/mol. The molecule has 2 rings (SSSR count). The Morgan fingerprint density at radius 3 is 2.33 bits per heavy atom. The topological polar surface area (TPSA) is 43.8 Å². The Hall–Kier alpha value is -0.260. The second-order valence-electron chi connectivity index (χ2n) is 6.14. The molecule has 0 aromatic carbocycles. The van der Waals surface area contributed by atoms with Crippen molar-refractivity contribution in [1.29, 1.82) is 0 Å². The van der Waals surface area contributed by atoms with Crippen molar-refractivity contribution in [3.05, 3.63) is 0 Å². The fourth-order valence-corrected chi connectivity index (χ4v) is 4.93. The highest BCUT2D eigenvalue weighted by molar-refractivity contribution is 7.99. The third-order valence-corrected chi connectivity index (χ3v) is 5.81. The second-order valence-corrected chi connectivity index (χ2v) is 7.25. The van der Waals surface area contributed by atoms with Crippen molar-refractivity contribution in [2.24, 2.45) is 5.41 Å². The Morgan fingerprint density at radius 1 is 1.22 bits per heavy atom. The molecule has 0 spiro atoms. The zero-order valence-corrected chi connectivity index (χ0v) is 12.4. The molecular formula is C13H24N2O2S. The van der Waals surface area contributed by atoms with Gasteiger partial charge in [-0.15, -0.1) is 0 Å². The summed E-state index contributed by atoms with van der Waals surface area (Å²) in [5, 5.41) is 9.87. The van der Waals surface area contributed by atoms with Gasteiger partial charge in [-0.1, -0.05) is 13.8 Å². The van der Waals surface area contributed by atoms with Crippen molar-refractivity contribution in [2.45, 2.75) is 25.8 Å². The molecule has 0 saturated carbocycles. The van der Waals surface area contributed by atoms with Gasteiger partial charge in [0, 0.05) is 31.9 Å². The van der Waals surface area contributed by atoms with Crippen molar-refractivity contribution in [3.8, 4) is 0 Å². The fourth-order valence-electron chi connectivity index (χ4n) is 3.14. The van der Waals surface area contributed by atoms with Gasteiger partial charge in [0.05, 0.1) is 0 Å². The maximum absolute atomic E-state index is 12.0. The molecular weight excluding hydrogens is 248 g/mol. The summed E-state index contributed by atoms with van der Waals surface area (Å²) in [7, 11) is 2.10. The molecule has 2 fully saturated rings. The minimum atomic E-state index is -0.683. The van der Waals surface area contributed by atoms with Gasteiger partial charge in [-0.25, -0.2) is 0 Å². The standard InChI is InChI=1S/C13H24N2O2S/c1-12(2)4-9-18-10-13(12,11(16)17)15-7-5-14(3)6-8-15/h4-10H2,1-3H3,(H,16,17). The smallest absolute Gasteiger partial charge is 0.325 e. The first-order valence-electron chi connectivity index (χ1n) is 6.65. The fraction of sp³-hybridized carbons (Fsp3) is 0.923. The predicted octanol–water partition coefficient (Wildman–Crippen LogP) is 1.22. The van der Waals surface area contributed by atoms with E-state index in [1.807, 2.05) is 0 Å². The van der Waals surface area contributed by atoms with Gasteiger partial charge < -0.3 is 10.0 Å². The summed E-state index contributed by atoms with van der Waals surface area (Å²) >= 11 is 1.79. The van der Waals surface area contributed by atoms with Crippen molar-refractivity contribution < 1.29 is 9.90 Å². The number of nitrogens with zero attached hydrogens (tertiary/aromatic N) is 2. The molecule has 4 nitrogen and oxygen atoms in total. The molecule has 1 atom stereocenters. The van der Waals surface area contributed by atoms with Gasteiger partial charge in [-0.05, 0) is 24.6 Å². The number of carboxylic acids is 1. The van der Waals surface area contributed by atoms with E-state index in [9.17, 15) is 9.90 Å². The quantitative estimate of drug-likeness (QED) is 0.819. The third-order valence-electron chi connectivity index (χ3n) is 4.70. The van der Waals surface area contributed by atoms with Crippen LogP contribution in [-0.4, -0.2) is 71.1 Å². The molecule has 1 unspecified atom stereocenters. The molecule has 0 radical (unpaired) electrons. The average Bonchev–Trinajstić information content (AvgIpc) is 2.30. The van der Waals surface area contributed by atoms with Crippen molar-refractivity contribution >= 4 is 17.7 Å². The summed E-state index contributed by atoms with van der Waals surface area (Å²) in [6.07, 6.45) is 0.982. The molecule has 2 aliphatic heterocycles. The number of rotatable bonds is 2. The summed E-state index contributed by atoms with van der Waals surface area (Å²) in [5.74, 6) is 1.17. The zero-order chi connectivity index (χ0) is 13.4. The largest absolute Gasteiger partial charge is 0.480 e. The van der Waals surface area contributed by atoms with E-state index in [1.165, 1.54) is 0 Å². The van der Waals surface area contributed by atoms with Gasteiger partial charge in [0.2, 0.25) is 0 Å². The number of carboxylic acid groups (broad SMARTS) is 1. The molecule has 0 aromatic rings. The molecule has 104 valence electrons. The van der Waals surface area contributed by atoms with Gasteiger partial charge in [0.15, 0.2) is 0 Å². The minimum absolute atomic E-state index is 0.153. The lowest BCUT2D eigenvalue weighted by Gasteiger charge is -2.54. The number of thioether (sulfide) groups is 1. The van der Waals surface area contributed by atoms with Crippen LogP contribution in [0.1, 0.15) is 20.3 Å². The van der Waals surface area contributed by atoms with E-state index >= 15 is 0 Å². The van der Waals surface area contributed by atoms with Gasteiger partial charge in [-0.2, -0.15) is 11.8 Å². The molecule has 5 heteroatoms. The molecule has 1 N–H and O–H groups in total. The first-order chi connectivity index (χ1) is 8.40. The van der Waals surface area contributed by atoms with Crippen LogP contribution in [0, 0.1) is 5.41 Å². The number of likely N-dealkylation sites (N-methyl/N-ethyl adjacent to an activating group) is 1. The van der Waals surface area contributed by atoms with E-state index in [0.29, 0.717) is 0 Å². The third kappa shape index (κ3) is 2.17. The van der Waals surface area contributed by atoms with E-state index in [1.54, 1.807) is 11.8 Å². The highest BCUT2D eigenvalue weighted by Crippen LogP contribution is 2.46. The minimum Gasteiger partial charge on any atom is -0.480 e. The lowest BCUT2D eigenvalue weighted by Crippen LogP contribution is -2.69. The molecule has 18 heavy (non-hydrogen) atoms. The first-order valence-corrected chi connectivity index (χ1v) is 7.80. The molecule has 0 bridgehead atoms. The summed E-state index contributed by atoms with van der Waals surface area (Å²) in [5.41, 5.74) is -0.836. The highest BCUT2D eigenvalue weighted by Gasteiger charge is 2.56. The Kier molecular flexibility index (Phi) is 3.95. The average molecular weight is 272 g/mol. The van der Waals surface area contributed by atoms with E-state index in [2.05, 4.69) is 30.7 Å². The predicted molar refractivity (Wildman–Crippen MR) is 75.2 cm³/mol. The highest BCUT2D eigenvalue weighted by atomic mass is 32.2. The Balaban J connectivity index is 2.28. The van der Waals surface area contributed by atoms with Crippen LogP contribution in [0.5, 0.6) is 0 Å². The maximum Gasteiger partial charge on any atom is 0.325 e. The van der Waals surface area contributed by atoms with Crippen LogP contribution in [0.4, 0.5) is 0 Å². The van der Waals surface area contributed by atoms with Gasteiger partial charge in [0.1, 0.15) is 5.54 Å². The van der Waals surface area contributed by atoms with E-state index < -0.39 is 11.5 Å². The Morgan fingerprint density at radius 2 is 1.83 bits per heavy atom. The molecule has 0 amide bonds. The van der Waals surface area contributed by atoms with Crippen LogP contribution in [0.15, 0.2) is 0 Å². The van der Waals surface area contributed by atoms with E-state index in [-0.39, 0.29) is 5.41 Å². The van der Waals surface area contributed by atoms with Crippen LogP contribution in [0.3, 0.4) is 0 Å². The second kappa shape index (κ2) is 5.02. The van der Waals surface area contributed by atoms with Crippen molar-refractivity contribution in [3.63, 3.8) is 0 Å². The van der Waals surface area contributed by atoms with Gasteiger partial charge in [0.25, 0.3) is 0 Å². The van der Waals surface area contributed by atoms with E-state index in [4.69, 9.17) is 0 Å². The molecule has 0 aromatic heterocycles. The van der Waals surface area contributed by atoms with Crippen LogP contribution >= 0.6 is 11.8 Å². The van der Waals surface area contributed by atoms with Crippen molar-refractivity contribution in [2.75, 3.05) is 44.7 Å². The summed E-state index contributed by atoms with van der Waals surface area (Å²) in [6, 6.07) is 0. The Labute approximate surface area is 114 Å². The van der Waals surface area contributed by atoms with E-state index in [0.717, 1.165) is 44.1 Å². The zero-order valence-electron chi connectivity index (χ0n) is 11.6. The molecule has 0 aliphatic carbocycles. The molecule has 2 heterocycles. The number of piperazine rings is 1. The summed E-state index contributed by atoms with van der Waals surface area (Å²) in [6.45, 7) is 7.92. The SMILES string of the molecule is CN1CCN(C2(C(=O)O)CSCCC2(C)C)CC1. The molecule has 2 saturated heterocycles. The number of aliphatic carboxylic acids is 1. The first kappa shape index (κ1) is 14.2. The van der Waals surface area contributed by atoms with Gasteiger partial charge >= 0.3 is 5.97 Å². The molecule has 2 aliphatic rings. The van der Waals surface area contributed by atoms with Crippen LogP contribution < -0.4 is 0 Å². The summed E-state index contributed by atoms with van der Waals surface area (Å²) < 4.78 is 0. The Bertz CT molecular complexity index is 327. The van der Waals surface area contributed by atoms with Crippen LogP contribution in [0.2, 0.25) is 0 Å². The normalized spacial score (nSPS) is 34.4. The number of carbonyl (C=O) groups is 1. The van der Waals surface area contributed by atoms with Crippen molar-refractivity contribution in [1.82, 2.24) is 9.80 Å². The van der Waals surface area contributed by atoms with Crippen LogP contribution in [-0.2, 0) is 4.79 Å². The van der Waals surface area contributed by atoms with Gasteiger partial charge in [-0.3, -0.25) is 9.69 Å². The number of hydrogen-bond donors (Lipinski definition) is 1. The lowest BCUT2D eigenvalue weighted by atomic mass is 9.69. The number of hydrogen-bond acceptors (Lipinski definition) is 4. The maximum atomic E-state index is 12.0. The van der Waals surface area contributed by atoms with Crippen LogP contribution in [0.25, 0.3) is 0 Å². The lowest BCUT2D eigenvalue weighted by molar-refractivity contribution is -0.161. The summed E-state index contributed by atoms with van der Waals surface area (Å²) in [4.78, 5) is 16.5.